The van der Waals surface area contributed by atoms with Gasteiger partial charge in [-0.2, -0.15) is 0 Å². The van der Waals surface area contributed by atoms with Crippen molar-refractivity contribution in [2.45, 2.75) is 32.3 Å². The molecule has 1 unspecified atom stereocenters. The average molecular weight is 267 g/mol. The second-order valence-electron chi connectivity index (χ2n) is 5.89. The van der Waals surface area contributed by atoms with Crippen LogP contribution in [0.4, 0.5) is 0 Å². The third-order valence-corrected chi connectivity index (χ3v) is 3.35. The minimum Gasteiger partial charge on any atom is -0.368 e. The highest BCUT2D eigenvalue weighted by Crippen LogP contribution is 2.23. The van der Waals surface area contributed by atoms with Gasteiger partial charge in [-0.15, -0.1) is 0 Å². The van der Waals surface area contributed by atoms with E-state index in [1.165, 1.54) is 0 Å². The first-order chi connectivity index (χ1) is 8.36. The van der Waals surface area contributed by atoms with Crippen molar-refractivity contribution >= 4 is 12.2 Å². The Kier molecular flexibility index (Phi) is 3.84. The van der Waals surface area contributed by atoms with Crippen LogP contribution in [-0.2, 0) is 10.2 Å². The van der Waals surface area contributed by atoms with Gasteiger partial charge in [-0.1, -0.05) is 33.0 Å². The smallest absolute Gasteiger partial charge is 0.138 e. The summed E-state index contributed by atoms with van der Waals surface area (Å²) >= 11 is 5.25. The van der Waals surface area contributed by atoms with E-state index in [9.17, 15) is 0 Å². The Hall–Kier alpha value is -0.780. The summed E-state index contributed by atoms with van der Waals surface area (Å²) in [7, 11) is 2.09. The molecule has 0 amide bonds. The van der Waals surface area contributed by atoms with E-state index in [4.69, 9.17) is 17.0 Å². The molecule has 0 saturated carbocycles. The molecule has 0 radical (unpaired) electrons. The van der Waals surface area contributed by atoms with Crippen LogP contribution in [0.1, 0.15) is 38.4 Å². The zero-order chi connectivity index (χ0) is 13.3. The number of rotatable bonds is 1. The first kappa shape index (κ1) is 13.6. The van der Waals surface area contributed by atoms with E-state index >= 15 is 0 Å². The van der Waals surface area contributed by atoms with Gasteiger partial charge in [0.15, 0.2) is 0 Å². The summed E-state index contributed by atoms with van der Waals surface area (Å²) in [6, 6.07) is 1.94. The molecule has 2 heterocycles. The fourth-order valence-electron chi connectivity index (χ4n) is 1.98. The van der Waals surface area contributed by atoms with E-state index in [-0.39, 0.29) is 11.5 Å². The van der Waals surface area contributed by atoms with Gasteiger partial charge < -0.3 is 14.6 Å². The van der Waals surface area contributed by atoms with Gasteiger partial charge in [-0.05, 0) is 13.1 Å². The summed E-state index contributed by atoms with van der Waals surface area (Å²) in [6.07, 6.45) is -0.00671. The Labute approximate surface area is 113 Å². The van der Waals surface area contributed by atoms with Crippen LogP contribution >= 0.6 is 12.2 Å². The van der Waals surface area contributed by atoms with Crippen molar-refractivity contribution < 1.29 is 4.74 Å². The van der Waals surface area contributed by atoms with Crippen LogP contribution in [0.15, 0.2) is 6.07 Å². The number of nitrogens with zero attached hydrogens (tertiary/aromatic N) is 2. The van der Waals surface area contributed by atoms with Gasteiger partial charge in [0, 0.05) is 24.2 Å². The molecule has 1 aromatic heterocycles. The van der Waals surface area contributed by atoms with Crippen molar-refractivity contribution in [2.75, 3.05) is 26.7 Å². The maximum Gasteiger partial charge on any atom is 0.138 e. The van der Waals surface area contributed by atoms with Crippen LogP contribution in [0.3, 0.4) is 0 Å². The van der Waals surface area contributed by atoms with Crippen LogP contribution in [0, 0.1) is 4.64 Å². The number of hydrogen-bond donors (Lipinski definition) is 1. The largest absolute Gasteiger partial charge is 0.368 e. The molecule has 0 bridgehead atoms. The molecule has 5 heteroatoms. The molecule has 0 aromatic carbocycles. The molecule has 1 fully saturated rings. The van der Waals surface area contributed by atoms with Crippen molar-refractivity contribution in [3.63, 3.8) is 0 Å². The summed E-state index contributed by atoms with van der Waals surface area (Å²) in [5, 5.41) is 0. The normalized spacial score (nSPS) is 22.1. The van der Waals surface area contributed by atoms with Crippen molar-refractivity contribution in [1.82, 2.24) is 14.9 Å². The quantitative estimate of drug-likeness (QED) is 0.794. The van der Waals surface area contributed by atoms with Crippen LogP contribution in [-0.4, -0.2) is 41.6 Å². The molecule has 100 valence electrons. The van der Waals surface area contributed by atoms with E-state index in [0.717, 1.165) is 31.2 Å². The van der Waals surface area contributed by atoms with Gasteiger partial charge in [0.05, 0.1) is 6.61 Å². The minimum atomic E-state index is -0.00671. The van der Waals surface area contributed by atoms with Crippen molar-refractivity contribution in [1.29, 1.82) is 0 Å². The SMILES string of the molecule is CN1CCOC(c2nc(=S)cc(C(C)(C)C)[nH]2)C1. The highest BCUT2D eigenvalue weighted by molar-refractivity contribution is 7.71. The van der Waals surface area contributed by atoms with Crippen molar-refractivity contribution in [3.05, 3.63) is 22.2 Å². The third kappa shape index (κ3) is 3.16. The molecular formula is C13H21N3OS. The lowest BCUT2D eigenvalue weighted by molar-refractivity contribution is -0.0257. The van der Waals surface area contributed by atoms with E-state index in [1.54, 1.807) is 0 Å². The van der Waals surface area contributed by atoms with E-state index < -0.39 is 0 Å². The second kappa shape index (κ2) is 5.07. The minimum absolute atomic E-state index is 0.00671. The Morgan fingerprint density at radius 2 is 2.22 bits per heavy atom. The first-order valence-corrected chi connectivity index (χ1v) is 6.69. The molecule has 1 N–H and O–H groups in total. The molecule has 1 aliphatic rings. The van der Waals surface area contributed by atoms with Crippen LogP contribution < -0.4 is 0 Å². The Morgan fingerprint density at radius 1 is 1.50 bits per heavy atom. The van der Waals surface area contributed by atoms with E-state index in [0.29, 0.717) is 4.64 Å². The monoisotopic (exact) mass is 267 g/mol. The van der Waals surface area contributed by atoms with Crippen LogP contribution in [0.2, 0.25) is 0 Å². The summed E-state index contributed by atoms with van der Waals surface area (Å²) in [6.45, 7) is 9.03. The zero-order valence-electron chi connectivity index (χ0n) is 11.5. The molecule has 0 spiro atoms. The molecule has 1 atom stereocenters. The fraction of sp³-hybridized carbons (Fsp3) is 0.692. The Balaban J connectivity index is 2.33. The second-order valence-corrected chi connectivity index (χ2v) is 6.31. The Bertz CT molecular complexity index is 478. The lowest BCUT2D eigenvalue weighted by atomic mass is 9.92. The predicted octanol–water partition coefficient (Wildman–Crippen LogP) is 2.44. The van der Waals surface area contributed by atoms with Crippen molar-refractivity contribution in [2.24, 2.45) is 0 Å². The Morgan fingerprint density at radius 3 is 2.83 bits per heavy atom. The fourth-order valence-corrected chi connectivity index (χ4v) is 2.19. The summed E-state index contributed by atoms with van der Waals surface area (Å²) < 4.78 is 6.41. The standard InChI is InChI=1S/C13H21N3OS/c1-13(2,3)10-7-11(18)15-12(14-10)9-8-16(4)5-6-17-9/h7,9H,5-6,8H2,1-4H3,(H,14,15,18). The molecule has 1 aliphatic heterocycles. The number of nitrogens with one attached hydrogen (secondary N) is 1. The number of likely N-dealkylation sites (N-methyl/N-ethyl adjacent to an activating group) is 1. The van der Waals surface area contributed by atoms with Crippen molar-refractivity contribution in [3.8, 4) is 0 Å². The maximum absolute atomic E-state index is 5.78. The molecule has 18 heavy (non-hydrogen) atoms. The molecular weight excluding hydrogens is 246 g/mol. The maximum atomic E-state index is 5.78. The first-order valence-electron chi connectivity index (χ1n) is 6.28. The zero-order valence-corrected chi connectivity index (χ0v) is 12.3. The van der Waals surface area contributed by atoms with Gasteiger partial charge in [-0.25, -0.2) is 4.98 Å². The van der Waals surface area contributed by atoms with Gasteiger partial charge in [0.1, 0.15) is 16.6 Å². The number of aromatic nitrogens is 2. The van der Waals surface area contributed by atoms with Gasteiger partial charge in [0.25, 0.3) is 0 Å². The average Bonchev–Trinajstić information content (AvgIpc) is 2.27. The van der Waals surface area contributed by atoms with Gasteiger partial charge >= 0.3 is 0 Å². The topological polar surface area (TPSA) is 41.1 Å². The number of ether oxygens (including phenoxy) is 1. The van der Waals surface area contributed by atoms with E-state index in [2.05, 4.69) is 42.7 Å². The number of aromatic amines is 1. The predicted molar refractivity (Wildman–Crippen MR) is 74.3 cm³/mol. The number of morpholine rings is 1. The van der Waals surface area contributed by atoms with Gasteiger partial charge in [0.2, 0.25) is 0 Å². The van der Waals surface area contributed by atoms with Crippen LogP contribution in [0.25, 0.3) is 0 Å². The lowest BCUT2D eigenvalue weighted by Crippen LogP contribution is -2.36. The highest BCUT2D eigenvalue weighted by Gasteiger charge is 2.23. The summed E-state index contributed by atoms with van der Waals surface area (Å²) in [5.74, 6) is 0.846. The van der Waals surface area contributed by atoms with Gasteiger partial charge in [-0.3, -0.25) is 0 Å². The number of hydrogen-bond acceptors (Lipinski definition) is 4. The summed E-state index contributed by atoms with van der Waals surface area (Å²) in [4.78, 5) is 10.0. The van der Waals surface area contributed by atoms with E-state index in [1.807, 2.05) is 6.07 Å². The number of H-pyrrole nitrogens is 1. The summed E-state index contributed by atoms with van der Waals surface area (Å²) in [5.41, 5.74) is 1.14. The van der Waals surface area contributed by atoms with Crippen LogP contribution in [0.5, 0.6) is 0 Å². The molecule has 0 aliphatic carbocycles. The highest BCUT2D eigenvalue weighted by atomic mass is 32.1. The lowest BCUT2D eigenvalue weighted by Gasteiger charge is -2.30. The molecule has 4 nitrogen and oxygen atoms in total. The molecule has 2 rings (SSSR count). The molecule has 1 saturated heterocycles. The third-order valence-electron chi connectivity index (χ3n) is 3.14. The molecule has 1 aromatic rings.